The Bertz CT molecular complexity index is 444. The number of amides is 1. The average Bonchev–Trinajstić information content (AvgIpc) is 3.14. The number of carbonyl (C=O) groups excluding carboxylic acids is 1. The largest absolute Gasteiger partial charge is 0.495 e. The molecule has 4 nitrogen and oxygen atoms in total. The Morgan fingerprint density at radius 3 is 2.47 bits per heavy atom. The van der Waals surface area contributed by atoms with E-state index in [2.05, 4.69) is 5.32 Å². The second kappa shape index (κ2) is 4.84. The number of carbonyl (C=O) groups is 1. The summed E-state index contributed by atoms with van der Waals surface area (Å²) < 4.78 is 10.3. The summed E-state index contributed by atoms with van der Waals surface area (Å²) in [6.07, 6.45) is 1.91. The zero-order chi connectivity index (χ0) is 12.4. The number of hydrogen-bond acceptors (Lipinski definition) is 3. The molecule has 1 saturated carbocycles. The van der Waals surface area contributed by atoms with E-state index in [-0.39, 0.29) is 11.8 Å². The van der Waals surface area contributed by atoms with Crippen molar-refractivity contribution in [2.24, 2.45) is 5.92 Å². The van der Waals surface area contributed by atoms with Crippen LogP contribution in [-0.4, -0.2) is 20.1 Å². The zero-order valence-corrected chi connectivity index (χ0v) is 10.5. The molecule has 0 atom stereocenters. The van der Waals surface area contributed by atoms with Gasteiger partial charge in [0.15, 0.2) is 0 Å². The van der Waals surface area contributed by atoms with E-state index in [1.165, 1.54) is 14.2 Å². The van der Waals surface area contributed by atoms with Crippen LogP contribution in [0.15, 0.2) is 12.1 Å². The molecule has 0 unspecified atom stereocenters. The van der Waals surface area contributed by atoms with Gasteiger partial charge in [0.1, 0.15) is 11.5 Å². The van der Waals surface area contributed by atoms with Crippen molar-refractivity contribution in [3.63, 3.8) is 0 Å². The monoisotopic (exact) mass is 255 g/mol. The summed E-state index contributed by atoms with van der Waals surface area (Å²) >= 11 is 5.97. The highest BCUT2D eigenvalue weighted by Gasteiger charge is 2.30. The van der Waals surface area contributed by atoms with Crippen molar-refractivity contribution in [3.05, 3.63) is 17.2 Å². The highest BCUT2D eigenvalue weighted by atomic mass is 35.5. The molecule has 1 aromatic rings. The predicted molar refractivity (Wildman–Crippen MR) is 65.9 cm³/mol. The van der Waals surface area contributed by atoms with E-state index in [1.807, 2.05) is 0 Å². The maximum Gasteiger partial charge on any atom is 0.227 e. The molecule has 0 spiro atoms. The highest BCUT2D eigenvalue weighted by molar-refractivity contribution is 6.32. The number of nitrogens with one attached hydrogen (secondary N) is 1. The molecule has 1 N–H and O–H groups in total. The van der Waals surface area contributed by atoms with Crippen molar-refractivity contribution in [2.75, 3.05) is 19.5 Å². The smallest absolute Gasteiger partial charge is 0.227 e. The quantitative estimate of drug-likeness (QED) is 0.900. The van der Waals surface area contributed by atoms with Crippen molar-refractivity contribution in [3.8, 4) is 11.5 Å². The van der Waals surface area contributed by atoms with Gasteiger partial charge in [-0.3, -0.25) is 4.79 Å². The van der Waals surface area contributed by atoms with Crippen LogP contribution in [0.3, 0.4) is 0 Å². The maximum absolute atomic E-state index is 11.7. The first-order chi connectivity index (χ1) is 8.15. The van der Waals surface area contributed by atoms with Crippen LogP contribution in [0.5, 0.6) is 11.5 Å². The molecule has 0 aliphatic heterocycles. The SMILES string of the molecule is COc1cc(NC(=O)C2CC2)c(OC)cc1Cl. The first-order valence-corrected chi connectivity index (χ1v) is 5.76. The number of benzene rings is 1. The first-order valence-electron chi connectivity index (χ1n) is 5.38. The Hall–Kier alpha value is -1.42. The lowest BCUT2D eigenvalue weighted by molar-refractivity contribution is -0.117. The molecule has 17 heavy (non-hydrogen) atoms. The van der Waals surface area contributed by atoms with Crippen LogP contribution in [0.25, 0.3) is 0 Å². The van der Waals surface area contributed by atoms with Crippen LogP contribution < -0.4 is 14.8 Å². The minimum atomic E-state index is 0.0210. The molecular weight excluding hydrogens is 242 g/mol. The molecule has 1 aliphatic rings. The summed E-state index contributed by atoms with van der Waals surface area (Å²) in [4.78, 5) is 11.7. The Balaban J connectivity index is 2.26. The molecular formula is C12H14ClNO3. The lowest BCUT2D eigenvalue weighted by atomic mass is 10.2. The molecule has 0 radical (unpaired) electrons. The Morgan fingerprint density at radius 2 is 1.94 bits per heavy atom. The fourth-order valence-corrected chi connectivity index (χ4v) is 1.77. The van der Waals surface area contributed by atoms with Gasteiger partial charge >= 0.3 is 0 Å². The van der Waals surface area contributed by atoms with Crippen LogP contribution in [0, 0.1) is 5.92 Å². The van der Waals surface area contributed by atoms with E-state index in [4.69, 9.17) is 21.1 Å². The highest BCUT2D eigenvalue weighted by Crippen LogP contribution is 2.37. The van der Waals surface area contributed by atoms with Crippen LogP contribution in [-0.2, 0) is 4.79 Å². The maximum atomic E-state index is 11.7. The lowest BCUT2D eigenvalue weighted by Crippen LogP contribution is -2.14. The van der Waals surface area contributed by atoms with Crippen LogP contribution in [0.1, 0.15) is 12.8 Å². The van der Waals surface area contributed by atoms with Crippen LogP contribution in [0.2, 0.25) is 5.02 Å². The van der Waals surface area contributed by atoms with Crippen molar-refractivity contribution in [2.45, 2.75) is 12.8 Å². The summed E-state index contributed by atoms with van der Waals surface area (Å²) in [5, 5.41) is 3.28. The summed E-state index contributed by atoms with van der Waals surface area (Å²) in [5.41, 5.74) is 0.589. The third-order valence-electron chi connectivity index (χ3n) is 2.68. The van der Waals surface area contributed by atoms with Gasteiger partial charge in [0, 0.05) is 18.1 Å². The van der Waals surface area contributed by atoms with E-state index >= 15 is 0 Å². The van der Waals surface area contributed by atoms with Gasteiger partial charge in [0.05, 0.1) is 24.9 Å². The molecule has 1 fully saturated rings. The van der Waals surface area contributed by atoms with Gasteiger partial charge in [0.25, 0.3) is 0 Å². The van der Waals surface area contributed by atoms with Crippen molar-refractivity contribution < 1.29 is 14.3 Å². The summed E-state index contributed by atoms with van der Waals surface area (Å²) in [6.45, 7) is 0. The summed E-state index contributed by atoms with van der Waals surface area (Å²) in [7, 11) is 3.06. The third kappa shape index (κ3) is 2.64. The minimum absolute atomic E-state index is 0.0210. The molecule has 0 saturated heterocycles. The molecule has 0 heterocycles. The van der Waals surface area contributed by atoms with E-state index in [0.29, 0.717) is 22.2 Å². The molecule has 92 valence electrons. The van der Waals surface area contributed by atoms with Crippen LogP contribution >= 0.6 is 11.6 Å². The van der Waals surface area contributed by atoms with Crippen molar-refractivity contribution in [1.82, 2.24) is 0 Å². The van der Waals surface area contributed by atoms with E-state index in [9.17, 15) is 4.79 Å². The lowest BCUT2D eigenvalue weighted by Gasteiger charge is -2.12. The molecule has 1 amide bonds. The number of halogens is 1. The summed E-state index contributed by atoms with van der Waals surface area (Å²) in [6, 6.07) is 3.30. The van der Waals surface area contributed by atoms with Gasteiger partial charge in [-0.2, -0.15) is 0 Å². The van der Waals surface area contributed by atoms with Crippen molar-refractivity contribution in [1.29, 1.82) is 0 Å². The number of ether oxygens (including phenoxy) is 2. The first kappa shape index (κ1) is 12.0. The fourth-order valence-electron chi connectivity index (χ4n) is 1.54. The number of anilines is 1. The molecule has 1 aromatic carbocycles. The molecule has 1 aliphatic carbocycles. The van der Waals surface area contributed by atoms with Crippen molar-refractivity contribution >= 4 is 23.2 Å². The number of hydrogen-bond donors (Lipinski definition) is 1. The van der Waals surface area contributed by atoms with Gasteiger partial charge in [-0.15, -0.1) is 0 Å². The van der Waals surface area contributed by atoms with E-state index in [0.717, 1.165) is 12.8 Å². The minimum Gasteiger partial charge on any atom is -0.495 e. The van der Waals surface area contributed by atoms with E-state index in [1.54, 1.807) is 12.1 Å². The Labute approximate surface area is 105 Å². The predicted octanol–water partition coefficient (Wildman–Crippen LogP) is 2.71. The number of methoxy groups -OCH3 is 2. The number of rotatable bonds is 4. The van der Waals surface area contributed by atoms with Gasteiger partial charge in [-0.05, 0) is 12.8 Å². The second-order valence-corrected chi connectivity index (χ2v) is 4.36. The molecule has 0 aromatic heterocycles. The van der Waals surface area contributed by atoms with Gasteiger partial charge < -0.3 is 14.8 Å². The molecule has 0 bridgehead atoms. The molecule has 2 rings (SSSR count). The van der Waals surface area contributed by atoms with Gasteiger partial charge in [0.2, 0.25) is 5.91 Å². The summed E-state index contributed by atoms with van der Waals surface area (Å²) in [5.74, 6) is 1.21. The van der Waals surface area contributed by atoms with Gasteiger partial charge in [-0.1, -0.05) is 11.6 Å². The van der Waals surface area contributed by atoms with Gasteiger partial charge in [-0.25, -0.2) is 0 Å². The van der Waals surface area contributed by atoms with E-state index < -0.39 is 0 Å². The normalized spacial score (nSPS) is 14.3. The second-order valence-electron chi connectivity index (χ2n) is 3.95. The average molecular weight is 256 g/mol. The van der Waals surface area contributed by atoms with Crippen LogP contribution in [0.4, 0.5) is 5.69 Å². The Morgan fingerprint density at radius 1 is 1.29 bits per heavy atom. The zero-order valence-electron chi connectivity index (χ0n) is 9.75. The third-order valence-corrected chi connectivity index (χ3v) is 2.98. The molecule has 5 heteroatoms. The topological polar surface area (TPSA) is 47.6 Å². The standard InChI is InChI=1S/C12H14ClNO3/c1-16-10-6-9(11(17-2)5-8(10)13)14-12(15)7-3-4-7/h5-7H,3-4H2,1-2H3,(H,14,15). The Kier molecular flexibility index (Phi) is 3.43. The fraction of sp³-hybridized carbons (Fsp3) is 0.417.